The second-order valence-corrected chi connectivity index (χ2v) is 4.37. The van der Waals surface area contributed by atoms with Gasteiger partial charge in [-0.05, 0) is 37.6 Å². The van der Waals surface area contributed by atoms with Gasteiger partial charge in [-0.25, -0.2) is 4.79 Å². The first-order valence-corrected chi connectivity index (χ1v) is 6.23. The molecular formula is C15H17NO3. The van der Waals surface area contributed by atoms with Gasteiger partial charge in [0.05, 0.1) is 24.1 Å². The maximum Gasteiger partial charge on any atom is 0.337 e. The van der Waals surface area contributed by atoms with Crippen molar-refractivity contribution in [2.75, 3.05) is 11.4 Å². The van der Waals surface area contributed by atoms with Gasteiger partial charge in [0.25, 0.3) is 0 Å². The highest BCUT2D eigenvalue weighted by molar-refractivity contribution is 5.95. The summed E-state index contributed by atoms with van der Waals surface area (Å²) in [5.74, 6) is -0.0852. The minimum atomic E-state index is -0.906. The van der Waals surface area contributed by atoms with Crippen LogP contribution in [0, 0.1) is 6.92 Å². The van der Waals surface area contributed by atoms with Crippen LogP contribution in [0.4, 0.5) is 5.69 Å². The summed E-state index contributed by atoms with van der Waals surface area (Å²) in [5, 5.41) is 9.31. The van der Waals surface area contributed by atoms with Gasteiger partial charge in [0, 0.05) is 6.54 Å². The summed E-state index contributed by atoms with van der Waals surface area (Å²) >= 11 is 0. The first kappa shape index (κ1) is 13.2. The van der Waals surface area contributed by atoms with Gasteiger partial charge >= 0.3 is 5.97 Å². The number of anilines is 1. The Hall–Kier alpha value is -2.23. The summed E-state index contributed by atoms with van der Waals surface area (Å²) in [6.07, 6.45) is 1.62. The van der Waals surface area contributed by atoms with Crippen LogP contribution in [-0.2, 0) is 6.54 Å². The van der Waals surface area contributed by atoms with Gasteiger partial charge in [-0.2, -0.15) is 0 Å². The van der Waals surface area contributed by atoms with E-state index in [-0.39, 0.29) is 0 Å². The quantitative estimate of drug-likeness (QED) is 0.895. The number of hydrogen-bond acceptors (Lipinski definition) is 3. The Balaban J connectivity index is 2.40. The molecule has 0 aliphatic rings. The van der Waals surface area contributed by atoms with Gasteiger partial charge in [0.1, 0.15) is 5.76 Å². The molecule has 2 aromatic rings. The number of carboxylic acid groups (broad SMARTS) is 1. The molecule has 0 bridgehead atoms. The molecule has 0 saturated carbocycles. The van der Waals surface area contributed by atoms with Crippen LogP contribution in [0.5, 0.6) is 0 Å². The highest BCUT2D eigenvalue weighted by atomic mass is 16.4. The molecule has 0 radical (unpaired) electrons. The van der Waals surface area contributed by atoms with Crippen molar-refractivity contribution in [2.24, 2.45) is 0 Å². The van der Waals surface area contributed by atoms with Crippen molar-refractivity contribution in [3.8, 4) is 0 Å². The molecule has 0 fully saturated rings. The number of nitrogens with zero attached hydrogens (tertiary/aromatic N) is 1. The molecule has 1 N–H and O–H groups in total. The fraction of sp³-hybridized carbons (Fsp3) is 0.267. The van der Waals surface area contributed by atoms with Crippen LogP contribution >= 0.6 is 0 Å². The Bertz CT molecular complexity index is 561. The van der Waals surface area contributed by atoms with Crippen molar-refractivity contribution in [2.45, 2.75) is 20.4 Å². The second kappa shape index (κ2) is 5.61. The number of benzene rings is 1. The number of aromatic carboxylic acids is 1. The van der Waals surface area contributed by atoms with Crippen molar-refractivity contribution < 1.29 is 14.3 Å². The topological polar surface area (TPSA) is 53.7 Å². The van der Waals surface area contributed by atoms with Crippen LogP contribution in [0.25, 0.3) is 0 Å². The van der Waals surface area contributed by atoms with Crippen LogP contribution in [0.15, 0.2) is 41.0 Å². The predicted molar refractivity (Wildman–Crippen MR) is 73.6 cm³/mol. The highest BCUT2D eigenvalue weighted by Crippen LogP contribution is 2.26. The van der Waals surface area contributed by atoms with Crippen molar-refractivity contribution >= 4 is 11.7 Å². The van der Waals surface area contributed by atoms with Crippen LogP contribution in [-0.4, -0.2) is 17.6 Å². The molecule has 0 atom stereocenters. The number of carboxylic acids is 1. The van der Waals surface area contributed by atoms with Gasteiger partial charge < -0.3 is 14.4 Å². The third-order valence-electron chi connectivity index (χ3n) is 3.09. The molecule has 1 heterocycles. The third-order valence-corrected chi connectivity index (χ3v) is 3.09. The first-order valence-electron chi connectivity index (χ1n) is 6.23. The van der Waals surface area contributed by atoms with Crippen LogP contribution in [0.1, 0.15) is 28.6 Å². The van der Waals surface area contributed by atoms with E-state index < -0.39 is 5.97 Å². The largest absolute Gasteiger partial charge is 0.478 e. The smallest absolute Gasteiger partial charge is 0.337 e. The fourth-order valence-corrected chi connectivity index (χ4v) is 2.19. The maximum absolute atomic E-state index is 11.3. The van der Waals surface area contributed by atoms with E-state index >= 15 is 0 Å². The summed E-state index contributed by atoms with van der Waals surface area (Å²) in [6, 6.07) is 9.05. The summed E-state index contributed by atoms with van der Waals surface area (Å²) in [6.45, 7) is 5.20. The molecule has 0 amide bonds. The van der Waals surface area contributed by atoms with Gasteiger partial charge in [0.15, 0.2) is 0 Å². The summed E-state index contributed by atoms with van der Waals surface area (Å²) < 4.78 is 5.34. The lowest BCUT2D eigenvalue weighted by molar-refractivity contribution is 0.0697. The van der Waals surface area contributed by atoms with E-state index in [2.05, 4.69) is 0 Å². The molecule has 0 aliphatic carbocycles. The molecule has 1 aromatic heterocycles. The fourth-order valence-electron chi connectivity index (χ4n) is 2.19. The van der Waals surface area contributed by atoms with E-state index in [0.717, 1.165) is 17.0 Å². The summed E-state index contributed by atoms with van der Waals surface area (Å²) in [7, 11) is 0. The molecule has 2 rings (SSSR count). The lowest BCUT2D eigenvalue weighted by Gasteiger charge is -2.25. The van der Waals surface area contributed by atoms with Gasteiger partial charge in [0.2, 0.25) is 0 Å². The third kappa shape index (κ3) is 2.78. The van der Waals surface area contributed by atoms with E-state index in [4.69, 9.17) is 4.42 Å². The number of rotatable bonds is 5. The number of carbonyl (C=O) groups is 1. The van der Waals surface area contributed by atoms with Gasteiger partial charge in [-0.15, -0.1) is 0 Å². The monoisotopic (exact) mass is 259 g/mol. The highest BCUT2D eigenvalue weighted by Gasteiger charge is 2.18. The SMILES string of the molecule is CCN(Cc1ccco1)c1c(C)cccc1C(=O)O. The van der Waals surface area contributed by atoms with Gasteiger partial charge in [-0.3, -0.25) is 0 Å². The number of hydrogen-bond donors (Lipinski definition) is 1. The number of aryl methyl sites for hydroxylation is 1. The average molecular weight is 259 g/mol. The molecule has 4 heteroatoms. The van der Waals surface area contributed by atoms with Crippen molar-refractivity contribution in [3.63, 3.8) is 0 Å². The molecule has 0 spiro atoms. The first-order chi connectivity index (χ1) is 9.13. The molecule has 0 saturated heterocycles. The summed E-state index contributed by atoms with van der Waals surface area (Å²) in [5.41, 5.74) is 2.04. The lowest BCUT2D eigenvalue weighted by atomic mass is 10.1. The summed E-state index contributed by atoms with van der Waals surface area (Å²) in [4.78, 5) is 13.4. The lowest BCUT2D eigenvalue weighted by Crippen LogP contribution is -2.25. The zero-order chi connectivity index (χ0) is 13.8. The van der Waals surface area contributed by atoms with Crippen molar-refractivity contribution in [1.82, 2.24) is 0 Å². The zero-order valence-corrected chi connectivity index (χ0v) is 11.1. The van der Waals surface area contributed by atoms with Crippen molar-refractivity contribution in [1.29, 1.82) is 0 Å². The Morgan fingerprint density at radius 1 is 1.32 bits per heavy atom. The van der Waals surface area contributed by atoms with E-state index in [1.54, 1.807) is 18.4 Å². The zero-order valence-electron chi connectivity index (χ0n) is 11.1. The molecule has 0 aliphatic heterocycles. The Kier molecular flexibility index (Phi) is 3.90. The minimum absolute atomic E-state index is 0.327. The number of furan rings is 1. The van der Waals surface area contributed by atoms with E-state index in [0.29, 0.717) is 18.7 Å². The second-order valence-electron chi connectivity index (χ2n) is 4.37. The molecule has 19 heavy (non-hydrogen) atoms. The minimum Gasteiger partial charge on any atom is -0.478 e. The Labute approximate surface area is 112 Å². The van der Waals surface area contributed by atoms with E-state index in [1.165, 1.54) is 0 Å². The normalized spacial score (nSPS) is 10.4. The Morgan fingerprint density at radius 2 is 2.11 bits per heavy atom. The van der Waals surface area contributed by atoms with Crippen LogP contribution in [0.3, 0.4) is 0 Å². The standard InChI is InChI=1S/C15H17NO3/c1-3-16(10-12-7-5-9-19-12)14-11(2)6-4-8-13(14)15(17)18/h4-9H,3,10H2,1-2H3,(H,17,18). The van der Waals surface area contributed by atoms with Gasteiger partial charge in [-0.1, -0.05) is 12.1 Å². The predicted octanol–water partition coefficient (Wildman–Crippen LogP) is 3.31. The molecule has 0 unspecified atom stereocenters. The van der Waals surface area contributed by atoms with Crippen LogP contribution < -0.4 is 4.90 Å². The molecular weight excluding hydrogens is 242 g/mol. The van der Waals surface area contributed by atoms with Crippen molar-refractivity contribution in [3.05, 3.63) is 53.5 Å². The number of para-hydroxylation sites is 1. The van der Waals surface area contributed by atoms with E-state index in [1.807, 2.05) is 36.9 Å². The molecule has 4 nitrogen and oxygen atoms in total. The molecule has 100 valence electrons. The maximum atomic E-state index is 11.3. The average Bonchev–Trinajstić information content (AvgIpc) is 2.89. The van der Waals surface area contributed by atoms with E-state index in [9.17, 15) is 9.90 Å². The van der Waals surface area contributed by atoms with Crippen LogP contribution in [0.2, 0.25) is 0 Å². The molecule has 1 aromatic carbocycles. The Morgan fingerprint density at radius 3 is 2.68 bits per heavy atom.